The third-order valence-corrected chi connectivity index (χ3v) is 2.43. The molecular formula is C12H26N. The molecule has 0 bridgehead atoms. The van der Waals surface area contributed by atoms with E-state index in [1.165, 1.54) is 44.9 Å². The van der Waals surface area contributed by atoms with E-state index in [-0.39, 0.29) is 0 Å². The highest BCUT2D eigenvalue weighted by molar-refractivity contribution is 4.77. The summed E-state index contributed by atoms with van der Waals surface area (Å²) >= 11 is 0. The van der Waals surface area contributed by atoms with Crippen molar-refractivity contribution in [2.45, 2.75) is 71.3 Å². The molecule has 0 aromatic heterocycles. The van der Waals surface area contributed by atoms with Crippen LogP contribution in [0.25, 0.3) is 0 Å². The minimum Gasteiger partial charge on any atom is -0.327 e. The van der Waals surface area contributed by atoms with Gasteiger partial charge in [-0.25, -0.2) is 0 Å². The lowest BCUT2D eigenvalue weighted by molar-refractivity contribution is 0.555. The van der Waals surface area contributed by atoms with Crippen molar-refractivity contribution >= 4 is 0 Å². The molecule has 0 saturated carbocycles. The smallest absolute Gasteiger partial charge is 0.00702 e. The summed E-state index contributed by atoms with van der Waals surface area (Å²) in [4.78, 5) is 0. The molecule has 1 atom stereocenters. The zero-order chi connectivity index (χ0) is 9.94. The first-order valence-corrected chi connectivity index (χ1v) is 5.90. The lowest BCUT2D eigenvalue weighted by Gasteiger charge is -2.08. The molecule has 0 fully saturated rings. The maximum absolute atomic E-state index is 5.87. The van der Waals surface area contributed by atoms with Crippen LogP contribution in [0.2, 0.25) is 0 Å². The van der Waals surface area contributed by atoms with E-state index in [0.29, 0.717) is 6.04 Å². The predicted octanol–water partition coefficient (Wildman–Crippen LogP) is 3.68. The largest absolute Gasteiger partial charge is 0.327 e. The SMILES string of the molecule is CC[CH]C(N)CCCCCCCC. The average Bonchev–Trinajstić information content (AvgIpc) is 2.11. The van der Waals surface area contributed by atoms with Crippen LogP contribution in [0.15, 0.2) is 0 Å². The van der Waals surface area contributed by atoms with Crippen molar-refractivity contribution < 1.29 is 0 Å². The van der Waals surface area contributed by atoms with Gasteiger partial charge in [-0.1, -0.05) is 58.8 Å². The first-order chi connectivity index (χ1) is 6.31. The molecule has 0 heterocycles. The molecule has 2 N–H and O–H groups in total. The van der Waals surface area contributed by atoms with Gasteiger partial charge in [-0.2, -0.15) is 0 Å². The number of nitrogens with two attached hydrogens (primary N) is 1. The number of hydrogen-bond acceptors (Lipinski definition) is 1. The first-order valence-electron chi connectivity index (χ1n) is 5.90. The first kappa shape index (κ1) is 13.0. The molecule has 1 nitrogen and oxygen atoms in total. The van der Waals surface area contributed by atoms with Crippen LogP contribution in [-0.2, 0) is 0 Å². The van der Waals surface area contributed by atoms with Crippen LogP contribution >= 0.6 is 0 Å². The van der Waals surface area contributed by atoms with Crippen molar-refractivity contribution in [3.63, 3.8) is 0 Å². The molecule has 1 unspecified atom stereocenters. The third-order valence-electron chi connectivity index (χ3n) is 2.43. The van der Waals surface area contributed by atoms with Crippen molar-refractivity contribution in [3.8, 4) is 0 Å². The molecule has 0 aliphatic carbocycles. The van der Waals surface area contributed by atoms with E-state index in [1.807, 2.05) is 0 Å². The van der Waals surface area contributed by atoms with Crippen LogP contribution < -0.4 is 5.73 Å². The second-order valence-corrected chi connectivity index (χ2v) is 3.86. The molecule has 0 aliphatic heterocycles. The Kier molecular flexibility index (Phi) is 10.0. The van der Waals surface area contributed by atoms with Gasteiger partial charge in [-0.05, 0) is 12.8 Å². The molecule has 1 radical (unpaired) electrons. The molecule has 1 heteroatoms. The Labute approximate surface area is 84.1 Å². The summed E-state index contributed by atoms with van der Waals surface area (Å²) in [5.74, 6) is 0. The van der Waals surface area contributed by atoms with Crippen LogP contribution in [0.3, 0.4) is 0 Å². The average molecular weight is 184 g/mol. The van der Waals surface area contributed by atoms with Crippen LogP contribution in [0.1, 0.15) is 65.2 Å². The summed E-state index contributed by atoms with van der Waals surface area (Å²) < 4.78 is 0. The van der Waals surface area contributed by atoms with Gasteiger partial charge in [0, 0.05) is 6.04 Å². The van der Waals surface area contributed by atoms with Crippen molar-refractivity contribution in [3.05, 3.63) is 6.42 Å². The molecule has 0 aromatic rings. The van der Waals surface area contributed by atoms with E-state index in [9.17, 15) is 0 Å². The van der Waals surface area contributed by atoms with Gasteiger partial charge in [0.1, 0.15) is 0 Å². The van der Waals surface area contributed by atoms with Gasteiger partial charge in [0.05, 0.1) is 0 Å². The van der Waals surface area contributed by atoms with E-state index in [2.05, 4.69) is 20.3 Å². The lowest BCUT2D eigenvalue weighted by Crippen LogP contribution is -2.19. The van der Waals surface area contributed by atoms with Crippen LogP contribution in [0.4, 0.5) is 0 Å². The molecule has 0 aromatic carbocycles. The summed E-state index contributed by atoms with van der Waals surface area (Å²) in [6.45, 7) is 4.41. The zero-order valence-corrected chi connectivity index (χ0v) is 9.39. The molecule has 0 rings (SSSR count). The highest BCUT2D eigenvalue weighted by Crippen LogP contribution is 2.09. The van der Waals surface area contributed by atoms with E-state index < -0.39 is 0 Å². The van der Waals surface area contributed by atoms with E-state index in [1.54, 1.807) is 0 Å². The van der Waals surface area contributed by atoms with Crippen molar-refractivity contribution in [1.29, 1.82) is 0 Å². The third kappa shape index (κ3) is 9.88. The molecule has 0 saturated heterocycles. The minimum absolute atomic E-state index is 0.344. The van der Waals surface area contributed by atoms with Crippen LogP contribution in [0, 0.1) is 6.42 Å². The molecule has 0 spiro atoms. The Morgan fingerprint density at radius 2 is 1.62 bits per heavy atom. The summed E-state index contributed by atoms with van der Waals surface area (Å²) in [7, 11) is 0. The molecule has 0 amide bonds. The molecule has 13 heavy (non-hydrogen) atoms. The zero-order valence-electron chi connectivity index (χ0n) is 9.39. The molecule has 0 aliphatic rings. The van der Waals surface area contributed by atoms with Gasteiger partial charge in [0.15, 0.2) is 0 Å². The highest BCUT2D eigenvalue weighted by atomic mass is 14.6. The minimum atomic E-state index is 0.344. The van der Waals surface area contributed by atoms with Crippen LogP contribution in [0.5, 0.6) is 0 Å². The normalized spacial score (nSPS) is 13.2. The highest BCUT2D eigenvalue weighted by Gasteiger charge is 1.99. The second-order valence-electron chi connectivity index (χ2n) is 3.86. The Morgan fingerprint density at radius 3 is 2.23 bits per heavy atom. The fourth-order valence-corrected chi connectivity index (χ4v) is 1.58. The van der Waals surface area contributed by atoms with Gasteiger partial charge in [-0.15, -0.1) is 0 Å². The fraction of sp³-hybridized carbons (Fsp3) is 0.917. The quantitative estimate of drug-likeness (QED) is 0.543. The standard InChI is InChI=1S/C12H26N/c1-3-5-6-7-8-9-11-12(13)10-4-2/h10,12H,3-9,11,13H2,1-2H3. The number of hydrogen-bond donors (Lipinski definition) is 1. The summed E-state index contributed by atoms with van der Waals surface area (Å²) in [5, 5.41) is 0. The molecule has 79 valence electrons. The van der Waals surface area contributed by atoms with Crippen molar-refractivity contribution in [2.24, 2.45) is 5.73 Å². The Bertz CT molecular complexity index is 91.1. The summed E-state index contributed by atoms with van der Waals surface area (Å²) in [6, 6.07) is 0.344. The van der Waals surface area contributed by atoms with E-state index >= 15 is 0 Å². The number of unbranched alkanes of at least 4 members (excludes halogenated alkanes) is 5. The van der Waals surface area contributed by atoms with Gasteiger partial charge < -0.3 is 5.73 Å². The van der Waals surface area contributed by atoms with E-state index in [4.69, 9.17) is 5.73 Å². The second kappa shape index (κ2) is 10.0. The Balaban J connectivity index is 2.97. The number of rotatable bonds is 9. The maximum Gasteiger partial charge on any atom is 0.00702 e. The van der Waals surface area contributed by atoms with Crippen molar-refractivity contribution in [1.82, 2.24) is 0 Å². The Morgan fingerprint density at radius 1 is 1.00 bits per heavy atom. The summed E-state index contributed by atoms with van der Waals surface area (Å²) in [6.07, 6.45) is 12.7. The lowest BCUT2D eigenvalue weighted by atomic mass is 10.0. The Hall–Kier alpha value is -0.0400. The summed E-state index contributed by atoms with van der Waals surface area (Å²) in [5.41, 5.74) is 5.87. The van der Waals surface area contributed by atoms with Gasteiger partial charge in [0.25, 0.3) is 0 Å². The fourth-order valence-electron chi connectivity index (χ4n) is 1.58. The monoisotopic (exact) mass is 184 g/mol. The van der Waals surface area contributed by atoms with Gasteiger partial charge in [-0.3, -0.25) is 0 Å². The molecular weight excluding hydrogens is 158 g/mol. The van der Waals surface area contributed by atoms with Crippen molar-refractivity contribution in [2.75, 3.05) is 0 Å². The van der Waals surface area contributed by atoms with Gasteiger partial charge in [0.2, 0.25) is 0 Å². The van der Waals surface area contributed by atoms with Crippen LogP contribution in [-0.4, -0.2) is 6.04 Å². The maximum atomic E-state index is 5.87. The predicted molar refractivity (Wildman–Crippen MR) is 60.6 cm³/mol. The van der Waals surface area contributed by atoms with E-state index in [0.717, 1.165) is 6.42 Å². The topological polar surface area (TPSA) is 26.0 Å². The van der Waals surface area contributed by atoms with Gasteiger partial charge >= 0.3 is 0 Å².